The van der Waals surface area contributed by atoms with E-state index in [9.17, 15) is 9.59 Å². The summed E-state index contributed by atoms with van der Waals surface area (Å²) in [6.07, 6.45) is 2.33. The molecule has 2 aliphatic rings. The molecule has 1 atom stereocenters. The number of nitrogens with zero attached hydrogens (tertiary/aromatic N) is 3. The van der Waals surface area contributed by atoms with Crippen LogP contribution in [0.15, 0.2) is 24.3 Å². The Hall–Kier alpha value is -3.66. The van der Waals surface area contributed by atoms with E-state index >= 15 is 0 Å². The molecule has 194 valence electrons. The number of carbonyl (C=O) groups is 2. The molecule has 9 nitrogen and oxygen atoms in total. The van der Waals surface area contributed by atoms with Crippen LogP contribution in [0.3, 0.4) is 0 Å². The molecular formula is C27H31N5O4S. The standard InChI is InChI=1S/C27H31N5O4S/c1-14-24(37-27(29-14)30-16(3)33)21-10-19-13-32(15(2)17-6-7-17)26(34)23(19)25(31-21)28-12-18-8-9-20(35-4)11-22(18)36-5/h8-11,15,17H,6-7,12-13H2,1-5H3,(H,28,31)(H,29,30,33)/t15-/m0/s1. The fraction of sp³-hybridized carbons (Fsp3) is 0.407. The number of hydrogen-bond acceptors (Lipinski definition) is 8. The largest absolute Gasteiger partial charge is 0.497 e. The van der Waals surface area contributed by atoms with Crippen LogP contribution < -0.4 is 20.1 Å². The molecule has 3 aromatic rings. The van der Waals surface area contributed by atoms with Gasteiger partial charge in [0.05, 0.1) is 36.0 Å². The Labute approximate surface area is 220 Å². The van der Waals surface area contributed by atoms with Crippen LogP contribution in [-0.4, -0.2) is 46.9 Å². The van der Waals surface area contributed by atoms with E-state index in [1.54, 1.807) is 14.2 Å². The third-order valence-electron chi connectivity index (χ3n) is 6.97. The monoisotopic (exact) mass is 521 g/mol. The summed E-state index contributed by atoms with van der Waals surface area (Å²) in [6, 6.07) is 7.83. The van der Waals surface area contributed by atoms with Gasteiger partial charge in [0.15, 0.2) is 5.13 Å². The van der Waals surface area contributed by atoms with Gasteiger partial charge in [-0.2, -0.15) is 0 Å². The lowest BCUT2D eigenvalue weighted by Gasteiger charge is -2.24. The molecule has 5 rings (SSSR count). The summed E-state index contributed by atoms with van der Waals surface area (Å²) in [5, 5.41) is 6.70. The highest BCUT2D eigenvalue weighted by atomic mass is 32.1. The molecule has 0 spiro atoms. The maximum atomic E-state index is 13.6. The van der Waals surface area contributed by atoms with Crippen LogP contribution in [-0.2, 0) is 17.9 Å². The van der Waals surface area contributed by atoms with Crippen molar-refractivity contribution < 1.29 is 19.1 Å². The van der Waals surface area contributed by atoms with Gasteiger partial charge in [-0.1, -0.05) is 11.3 Å². The number of anilines is 2. The third-order valence-corrected chi connectivity index (χ3v) is 8.06. The van der Waals surface area contributed by atoms with Gasteiger partial charge in [-0.15, -0.1) is 0 Å². The van der Waals surface area contributed by atoms with Crippen LogP contribution >= 0.6 is 11.3 Å². The number of nitrogens with one attached hydrogen (secondary N) is 2. The van der Waals surface area contributed by atoms with E-state index in [-0.39, 0.29) is 17.9 Å². The summed E-state index contributed by atoms with van der Waals surface area (Å²) < 4.78 is 10.9. The quantitative estimate of drug-likeness (QED) is 0.414. The predicted octanol–water partition coefficient (Wildman–Crippen LogP) is 4.86. The molecule has 1 saturated carbocycles. The smallest absolute Gasteiger partial charge is 0.258 e. The lowest BCUT2D eigenvalue weighted by molar-refractivity contribution is -0.114. The van der Waals surface area contributed by atoms with Crippen molar-refractivity contribution in [2.75, 3.05) is 24.9 Å². The Morgan fingerprint density at radius 1 is 1.22 bits per heavy atom. The molecule has 37 heavy (non-hydrogen) atoms. The van der Waals surface area contributed by atoms with Gasteiger partial charge < -0.3 is 25.0 Å². The van der Waals surface area contributed by atoms with Crippen LogP contribution in [0.4, 0.5) is 10.9 Å². The molecule has 1 aliphatic carbocycles. The molecule has 0 bridgehead atoms. The fourth-order valence-electron chi connectivity index (χ4n) is 4.78. The minimum atomic E-state index is -0.173. The van der Waals surface area contributed by atoms with Crippen molar-refractivity contribution in [2.24, 2.45) is 5.92 Å². The summed E-state index contributed by atoms with van der Waals surface area (Å²) in [4.78, 5) is 37.4. The van der Waals surface area contributed by atoms with Crippen molar-refractivity contribution in [1.82, 2.24) is 14.9 Å². The van der Waals surface area contributed by atoms with Gasteiger partial charge in [0.2, 0.25) is 5.91 Å². The minimum absolute atomic E-state index is 0.0117. The second kappa shape index (κ2) is 10.0. The zero-order chi connectivity index (χ0) is 26.3. The molecular weight excluding hydrogens is 490 g/mol. The molecule has 10 heteroatoms. The Kier molecular flexibility index (Phi) is 6.76. The molecule has 0 saturated heterocycles. The van der Waals surface area contributed by atoms with E-state index in [0.29, 0.717) is 47.0 Å². The summed E-state index contributed by atoms with van der Waals surface area (Å²) in [7, 11) is 3.24. The first kappa shape index (κ1) is 25.0. The third kappa shape index (κ3) is 4.98. The summed E-state index contributed by atoms with van der Waals surface area (Å²) >= 11 is 1.38. The maximum absolute atomic E-state index is 13.6. The van der Waals surface area contributed by atoms with Crippen molar-refractivity contribution in [2.45, 2.75) is 52.7 Å². The van der Waals surface area contributed by atoms with Crippen LogP contribution in [0.2, 0.25) is 0 Å². The Bertz CT molecular complexity index is 1370. The topological polar surface area (TPSA) is 106 Å². The Morgan fingerprint density at radius 3 is 2.68 bits per heavy atom. The second-order valence-corrected chi connectivity index (χ2v) is 10.5. The van der Waals surface area contributed by atoms with Crippen LogP contribution in [0, 0.1) is 12.8 Å². The minimum Gasteiger partial charge on any atom is -0.497 e. The van der Waals surface area contributed by atoms with Crippen LogP contribution in [0.5, 0.6) is 11.5 Å². The highest BCUT2D eigenvalue weighted by molar-refractivity contribution is 7.19. The molecule has 3 heterocycles. The molecule has 0 unspecified atom stereocenters. The first-order valence-electron chi connectivity index (χ1n) is 12.3. The van der Waals surface area contributed by atoms with Gasteiger partial charge in [-0.3, -0.25) is 9.59 Å². The number of benzene rings is 1. The van der Waals surface area contributed by atoms with E-state index in [4.69, 9.17) is 14.5 Å². The highest BCUT2D eigenvalue weighted by Gasteiger charge is 2.40. The summed E-state index contributed by atoms with van der Waals surface area (Å²) in [6.45, 7) is 6.46. The van der Waals surface area contributed by atoms with Crippen molar-refractivity contribution in [1.29, 1.82) is 0 Å². The molecule has 0 radical (unpaired) electrons. The summed E-state index contributed by atoms with van der Waals surface area (Å²) in [5.74, 6) is 2.33. The first-order chi connectivity index (χ1) is 17.8. The maximum Gasteiger partial charge on any atom is 0.258 e. The normalized spacial score (nSPS) is 15.4. The lowest BCUT2D eigenvalue weighted by Crippen LogP contribution is -2.34. The average molecular weight is 522 g/mol. The van der Waals surface area contributed by atoms with Crippen LogP contribution in [0.1, 0.15) is 53.9 Å². The Balaban J connectivity index is 1.52. The number of fused-ring (bicyclic) bond motifs is 1. The predicted molar refractivity (Wildman–Crippen MR) is 143 cm³/mol. The first-order valence-corrected chi connectivity index (χ1v) is 13.2. The average Bonchev–Trinajstić information content (AvgIpc) is 3.59. The Morgan fingerprint density at radius 2 is 2.00 bits per heavy atom. The van der Waals surface area contributed by atoms with Crippen molar-refractivity contribution in [3.8, 4) is 22.1 Å². The molecule has 1 aliphatic heterocycles. The number of carbonyl (C=O) groups excluding carboxylic acids is 2. The lowest BCUT2D eigenvalue weighted by atomic mass is 10.1. The van der Waals surface area contributed by atoms with Gasteiger partial charge in [-0.25, -0.2) is 9.97 Å². The number of aryl methyl sites for hydroxylation is 1. The van der Waals surface area contributed by atoms with E-state index in [2.05, 4.69) is 22.5 Å². The zero-order valence-corrected chi connectivity index (χ0v) is 22.5. The van der Waals surface area contributed by atoms with E-state index < -0.39 is 0 Å². The number of methoxy groups -OCH3 is 2. The fourth-order valence-corrected chi connectivity index (χ4v) is 5.75. The molecule has 2 amide bonds. The second-order valence-electron chi connectivity index (χ2n) is 9.55. The van der Waals surface area contributed by atoms with Crippen LogP contribution in [0.25, 0.3) is 10.6 Å². The number of ether oxygens (including phenoxy) is 2. The zero-order valence-electron chi connectivity index (χ0n) is 21.7. The van der Waals surface area contributed by atoms with E-state index in [1.807, 2.05) is 36.1 Å². The number of aromatic nitrogens is 2. The van der Waals surface area contributed by atoms with Crippen molar-refractivity contribution >= 4 is 34.1 Å². The number of hydrogen-bond donors (Lipinski definition) is 2. The van der Waals surface area contributed by atoms with Gasteiger partial charge in [0.25, 0.3) is 5.91 Å². The number of pyridine rings is 1. The highest BCUT2D eigenvalue weighted by Crippen LogP contribution is 2.41. The van der Waals surface area contributed by atoms with Crippen molar-refractivity contribution in [3.63, 3.8) is 0 Å². The van der Waals surface area contributed by atoms with Gasteiger partial charge >= 0.3 is 0 Å². The summed E-state index contributed by atoms with van der Waals surface area (Å²) in [5.41, 5.74) is 3.98. The molecule has 1 fully saturated rings. The van der Waals surface area contributed by atoms with E-state index in [0.717, 1.165) is 27.4 Å². The van der Waals surface area contributed by atoms with Gasteiger partial charge in [0.1, 0.15) is 17.3 Å². The number of amides is 2. The molecule has 2 N–H and O–H groups in total. The van der Waals surface area contributed by atoms with E-state index in [1.165, 1.54) is 31.1 Å². The van der Waals surface area contributed by atoms with Gasteiger partial charge in [0, 0.05) is 37.7 Å². The molecule has 2 aromatic heterocycles. The number of thiazole rings is 1. The van der Waals surface area contributed by atoms with Crippen molar-refractivity contribution in [3.05, 3.63) is 46.6 Å². The van der Waals surface area contributed by atoms with Gasteiger partial charge in [-0.05, 0) is 56.4 Å². The SMILES string of the molecule is COc1ccc(CNc2nc(-c3sc(NC(C)=O)nc3C)cc3c2C(=O)N([C@@H](C)C2CC2)C3)c(OC)c1. The molecule has 1 aromatic carbocycles. The number of rotatable bonds is 9.